The number of hydrogen-bond acceptors (Lipinski definition) is 4. The van der Waals surface area contributed by atoms with Gasteiger partial charge in [0, 0.05) is 24.7 Å². The third-order valence-corrected chi connectivity index (χ3v) is 3.97. The van der Waals surface area contributed by atoms with Gasteiger partial charge < -0.3 is 10.6 Å². The minimum atomic E-state index is 0.543. The van der Waals surface area contributed by atoms with Crippen LogP contribution >= 0.6 is 0 Å². The first-order chi connectivity index (χ1) is 10.3. The summed E-state index contributed by atoms with van der Waals surface area (Å²) in [5.41, 5.74) is 1.04. The summed E-state index contributed by atoms with van der Waals surface area (Å²) in [4.78, 5) is 9.24. The smallest absolute Gasteiger partial charge is 0.163 e. The van der Waals surface area contributed by atoms with Gasteiger partial charge in [-0.3, -0.25) is 0 Å². The van der Waals surface area contributed by atoms with Gasteiger partial charge in [0.05, 0.1) is 0 Å². The largest absolute Gasteiger partial charge is 0.373 e. The maximum absolute atomic E-state index is 4.68. The molecule has 1 saturated carbocycles. The minimum Gasteiger partial charge on any atom is -0.373 e. The predicted octanol–water partition coefficient (Wildman–Crippen LogP) is 3.93. The monoisotopic (exact) mass is 282 g/mol. The molecule has 2 aromatic rings. The Morgan fingerprint density at radius 3 is 2.38 bits per heavy atom. The van der Waals surface area contributed by atoms with Gasteiger partial charge in [-0.2, -0.15) is 0 Å². The van der Waals surface area contributed by atoms with Crippen LogP contribution in [0.4, 0.5) is 11.6 Å². The van der Waals surface area contributed by atoms with Gasteiger partial charge in [-0.15, -0.1) is 0 Å². The lowest BCUT2D eigenvalue weighted by Crippen LogP contribution is -2.23. The summed E-state index contributed by atoms with van der Waals surface area (Å²) in [7, 11) is 1.89. The van der Waals surface area contributed by atoms with Crippen LogP contribution in [0.2, 0.25) is 0 Å². The highest BCUT2D eigenvalue weighted by Gasteiger charge is 2.14. The fraction of sp³-hybridized carbons (Fsp3) is 0.412. The van der Waals surface area contributed by atoms with Crippen molar-refractivity contribution in [1.82, 2.24) is 9.97 Å². The molecule has 1 heterocycles. The van der Waals surface area contributed by atoms with Gasteiger partial charge >= 0.3 is 0 Å². The lowest BCUT2D eigenvalue weighted by molar-refractivity contribution is 0.462. The molecule has 0 bridgehead atoms. The molecule has 21 heavy (non-hydrogen) atoms. The third kappa shape index (κ3) is 3.51. The molecule has 1 aromatic carbocycles. The molecule has 110 valence electrons. The van der Waals surface area contributed by atoms with Gasteiger partial charge in [0.25, 0.3) is 0 Å². The molecule has 0 atom stereocenters. The molecule has 0 aliphatic heterocycles. The van der Waals surface area contributed by atoms with E-state index in [1.165, 1.54) is 32.1 Å². The van der Waals surface area contributed by atoms with Crippen LogP contribution in [0.25, 0.3) is 11.4 Å². The van der Waals surface area contributed by atoms with E-state index in [2.05, 4.69) is 20.6 Å². The number of nitrogens with zero attached hydrogens (tertiary/aromatic N) is 2. The van der Waals surface area contributed by atoms with E-state index < -0.39 is 0 Å². The normalized spacial score (nSPS) is 15.7. The maximum Gasteiger partial charge on any atom is 0.163 e. The molecule has 0 saturated heterocycles. The van der Waals surface area contributed by atoms with E-state index in [1.807, 2.05) is 43.4 Å². The van der Waals surface area contributed by atoms with Crippen molar-refractivity contribution in [3.63, 3.8) is 0 Å². The SMILES string of the molecule is CNc1cc(NC2CCCCC2)nc(-c2ccccc2)n1. The first-order valence-electron chi connectivity index (χ1n) is 7.74. The summed E-state index contributed by atoms with van der Waals surface area (Å²) in [5.74, 6) is 2.53. The van der Waals surface area contributed by atoms with Crippen LogP contribution in [-0.2, 0) is 0 Å². The van der Waals surface area contributed by atoms with Crippen molar-refractivity contribution in [1.29, 1.82) is 0 Å². The van der Waals surface area contributed by atoms with E-state index in [0.29, 0.717) is 6.04 Å². The van der Waals surface area contributed by atoms with Crippen molar-refractivity contribution in [2.24, 2.45) is 0 Å². The van der Waals surface area contributed by atoms with Crippen molar-refractivity contribution >= 4 is 11.6 Å². The van der Waals surface area contributed by atoms with Crippen molar-refractivity contribution in [3.8, 4) is 11.4 Å². The molecule has 0 radical (unpaired) electrons. The average molecular weight is 282 g/mol. The van der Waals surface area contributed by atoms with E-state index >= 15 is 0 Å². The Bertz CT molecular complexity index is 577. The second-order valence-electron chi connectivity index (χ2n) is 5.56. The van der Waals surface area contributed by atoms with Crippen LogP contribution in [0.1, 0.15) is 32.1 Å². The molecule has 1 aliphatic carbocycles. The first kappa shape index (κ1) is 13.9. The molecule has 0 amide bonds. The Labute approximate surface area is 126 Å². The van der Waals surface area contributed by atoms with E-state index in [1.54, 1.807) is 0 Å². The van der Waals surface area contributed by atoms with Gasteiger partial charge in [-0.1, -0.05) is 49.6 Å². The lowest BCUT2D eigenvalue weighted by Gasteiger charge is -2.23. The van der Waals surface area contributed by atoms with E-state index in [-0.39, 0.29) is 0 Å². The molecular weight excluding hydrogens is 260 g/mol. The van der Waals surface area contributed by atoms with E-state index in [9.17, 15) is 0 Å². The minimum absolute atomic E-state index is 0.543. The summed E-state index contributed by atoms with van der Waals surface area (Å²) in [6.07, 6.45) is 6.46. The van der Waals surface area contributed by atoms with Gasteiger partial charge in [0.1, 0.15) is 11.6 Å². The molecular formula is C17H22N4. The topological polar surface area (TPSA) is 49.8 Å². The fourth-order valence-electron chi connectivity index (χ4n) is 2.82. The Morgan fingerprint density at radius 1 is 0.952 bits per heavy atom. The average Bonchev–Trinajstić information content (AvgIpc) is 2.56. The Kier molecular flexibility index (Phi) is 4.34. The van der Waals surface area contributed by atoms with Crippen molar-refractivity contribution in [2.45, 2.75) is 38.1 Å². The molecule has 1 aromatic heterocycles. The Hall–Kier alpha value is -2.10. The van der Waals surface area contributed by atoms with Gasteiger partial charge in [0.15, 0.2) is 5.82 Å². The Morgan fingerprint density at radius 2 is 1.67 bits per heavy atom. The predicted molar refractivity (Wildman–Crippen MR) is 87.5 cm³/mol. The summed E-state index contributed by atoms with van der Waals surface area (Å²) in [6, 6.07) is 12.6. The van der Waals surface area contributed by atoms with Gasteiger partial charge in [-0.05, 0) is 12.8 Å². The molecule has 2 N–H and O–H groups in total. The first-order valence-corrected chi connectivity index (χ1v) is 7.74. The third-order valence-electron chi connectivity index (χ3n) is 3.97. The summed E-state index contributed by atoms with van der Waals surface area (Å²) in [6.45, 7) is 0. The Balaban J connectivity index is 1.86. The second-order valence-corrected chi connectivity index (χ2v) is 5.56. The zero-order valence-corrected chi connectivity index (χ0v) is 12.5. The summed E-state index contributed by atoms with van der Waals surface area (Å²) < 4.78 is 0. The van der Waals surface area contributed by atoms with Crippen molar-refractivity contribution in [3.05, 3.63) is 36.4 Å². The molecule has 4 nitrogen and oxygen atoms in total. The number of benzene rings is 1. The van der Waals surface area contributed by atoms with Crippen LogP contribution in [-0.4, -0.2) is 23.1 Å². The number of hydrogen-bond donors (Lipinski definition) is 2. The molecule has 1 fully saturated rings. The number of anilines is 2. The summed E-state index contributed by atoms with van der Waals surface area (Å²) in [5, 5.41) is 6.70. The highest BCUT2D eigenvalue weighted by Crippen LogP contribution is 2.24. The molecule has 1 aliphatic rings. The van der Waals surface area contributed by atoms with E-state index in [4.69, 9.17) is 0 Å². The zero-order valence-electron chi connectivity index (χ0n) is 12.5. The maximum atomic E-state index is 4.68. The number of nitrogens with one attached hydrogen (secondary N) is 2. The van der Waals surface area contributed by atoms with Crippen LogP contribution in [0.5, 0.6) is 0 Å². The van der Waals surface area contributed by atoms with E-state index in [0.717, 1.165) is 23.0 Å². The van der Waals surface area contributed by atoms with Gasteiger partial charge in [0.2, 0.25) is 0 Å². The van der Waals surface area contributed by atoms with Crippen LogP contribution in [0.15, 0.2) is 36.4 Å². The molecule has 4 heteroatoms. The molecule has 3 rings (SSSR count). The van der Waals surface area contributed by atoms with Crippen LogP contribution in [0.3, 0.4) is 0 Å². The second kappa shape index (κ2) is 6.57. The summed E-state index contributed by atoms with van der Waals surface area (Å²) >= 11 is 0. The fourth-order valence-corrected chi connectivity index (χ4v) is 2.82. The van der Waals surface area contributed by atoms with Crippen LogP contribution < -0.4 is 10.6 Å². The number of rotatable bonds is 4. The molecule has 0 unspecified atom stereocenters. The van der Waals surface area contributed by atoms with Crippen molar-refractivity contribution < 1.29 is 0 Å². The molecule has 0 spiro atoms. The highest BCUT2D eigenvalue weighted by atomic mass is 15.1. The number of aromatic nitrogens is 2. The quantitative estimate of drug-likeness (QED) is 0.892. The lowest BCUT2D eigenvalue weighted by atomic mass is 9.95. The standard InChI is InChI=1S/C17H22N4/c1-18-15-12-16(19-14-10-6-3-7-11-14)21-17(20-15)13-8-4-2-5-9-13/h2,4-5,8-9,12,14H,3,6-7,10-11H2,1H3,(H2,18,19,20,21). The zero-order chi connectivity index (χ0) is 14.5. The highest BCUT2D eigenvalue weighted by molar-refractivity contribution is 5.61. The van der Waals surface area contributed by atoms with Gasteiger partial charge in [-0.25, -0.2) is 9.97 Å². The van der Waals surface area contributed by atoms with Crippen LogP contribution in [0, 0.1) is 0 Å². The van der Waals surface area contributed by atoms with Crippen molar-refractivity contribution in [2.75, 3.05) is 17.7 Å².